The Morgan fingerprint density at radius 2 is 2.24 bits per heavy atom. The van der Waals surface area contributed by atoms with Crippen molar-refractivity contribution in [3.05, 3.63) is 59.1 Å². The number of imidazole rings is 1. The van der Waals surface area contributed by atoms with Crippen LogP contribution in [-0.4, -0.2) is 61.7 Å². The van der Waals surface area contributed by atoms with Crippen molar-refractivity contribution in [1.29, 1.82) is 0 Å². The zero-order valence-corrected chi connectivity index (χ0v) is 20.7. The molecule has 2 amide bonds. The predicted molar refractivity (Wildman–Crippen MR) is 132 cm³/mol. The van der Waals surface area contributed by atoms with Crippen LogP contribution in [0.4, 0.5) is 5.13 Å². The van der Waals surface area contributed by atoms with E-state index in [1.807, 2.05) is 45.8 Å². The lowest BCUT2D eigenvalue weighted by Crippen LogP contribution is -2.71. The summed E-state index contributed by atoms with van der Waals surface area (Å²) in [4.78, 5) is 48.3. The lowest BCUT2D eigenvalue weighted by Gasteiger charge is -2.50. The van der Waals surface area contributed by atoms with Gasteiger partial charge in [0.2, 0.25) is 0 Å². The van der Waals surface area contributed by atoms with Crippen molar-refractivity contribution in [3.8, 4) is 12.3 Å². The van der Waals surface area contributed by atoms with Gasteiger partial charge in [-0.2, -0.15) is 0 Å². The molecule has 3 aromatic rings. The number of terminal acetylenes is 1. The van der Waals surface area contributed by atoms with E-state index in [1.54, 1.807) is 0 Å². The second-order valence-corrected chi connectivity index (χ2v) is 9.98. The fourth-order valence-electron chi connectivity index (χ4n) is 4.12. The molecule has 3 N–H and O–H groups in total. The number of pyridine rings is 1. The van der Waals surface area contributed by atoms with E-state index in [-0.39, 0.29) is 35.4 Å². The molecule has 0 radical (unpaired) electrons. The molecule has 1 fully saturated rings. The Morgan fingerprint density at radius 3 is 2.97 bits per heavy atom. The number of aliphatic carboxylic acids is 1. The highest BCUT2D eigenvalue weighted by Gasteiger charge is 2.53. The summed E-state index contributed by atoms with van der Waals surface area (Å²) in [5.74, 6) is -0.198. The van der Waals surface area contributed by atoms with Gasteiger partial charge in [0.15, 0.2) is 17.5 Å². The number of nitrogens with one attached hydrogen (secondary N) is 1. The molecule has 2 atom stereocenters. The number of carbonyl (C=O) groups is 3. The summed E-state index contributed by atoms with van der Waals surface area (Å²) in [6.07, 6.45) is 10.7. The molecule has 0 saturated carbocycles. The molecule has 1 saturated heterocycles. The number of rotatable bonds is 8. The number of carboxylic acid groups (broad SMARTS) is 1. The third kappa shape index (κ3) is 4.50. The summed E-state index contributed by atoms with van der Waals surface area (Å²) in [6, 6.07) is 4.69. The Hall–Kier alpha value is -4.35. The number of hydrogen-bond acceptors (Lipinski definition) is 10. The van der Waals surface area contributed by atoms with Crippen molar-refractivity contribution >= 4 is 57.4 Å². The van der Waals surface area contributed by atoms with E-state index in [0.29, 0.717) is 11.3 Å². The van der Waals surface area contributed by atoms with Gasteiger partial charge in [0.1, 0.15) is 36.0 Å². The van der Waals surface area contributed by atoms with Gasteiger partial charge in [-0.05, 0) is 6.07 Å². The third-order valence-electron chi connectivity index (χ3n) is 5.74. The number of fused-ring (bicyclic) bond motifs is 2. The highest BCUT2D eigenvalue weighted by atomic mass is 32.2. The van der Waals surface area contributed by atoms with Crippen molar-refractivity contribution in [2.75, 3.05) is 18.1 Å². The molecule has 2 aliphatic rings. The fraction of sp³-hybridized carbons (Fsp3) is 0.217. The first kappa shape index (κ1) is 24.3. The maximum Gasteiger partial charge on any atom is 0.286 e. The maximum atomic E-state index is 13.1. The molecule has 0 aromatic carbocycles. The zero-order valence-electron chi connectivity index (χ0n) is 19.1. The van der Waals surface area contributed by atoms with Gasteiger partial charge in [-0.3, -0.25) is 14.5 Å². The average molecular weight is 538 g/mol. The van der Waals surface area contributed by atoms with E-state index in [9.17, 15) is 19.5 Å². The molecule has 12 nitrogen and oxygen atoms in total. The first-order valence-electron chi connectivity index (χ1n) is 10.9. The van der Waals surface area contributed by atoms with E-state index >= 15 is 0 Å². The van der Waals surface area contributed by atoms with Crippen LogP contribution in [-0.2, 0) is 25.8 Å². The summed E-state index contributed by atoms with van der Waals surface area (Å²) in [5, 5.41) is 19.6. The highest BCUT2D eigenvalue weighted by Crippen LogP contribution is 2.40. The molecule has 2 aliphatic heterocycles. The third-order valence-corrected chi connectivity index (χ3v) is 7.75. The molecule has 3 aromatic heterocycles. The lowest BCUT2D eigenvalue weighted by atomic mass is 10.0. The van der Waals surface area contributed by atoms with Crippen LogP contribution in [0.3, 0.4) is 0 Å². The molecule has 0 unspecified atom stereocenters. The molecule has 0 aliphatic carbocycles. The number of nitrogens with two attached hydrogens (primary N) is 1. The van der Waals surface area contributed by atoms with Gasteiger partial charge in [-0.1, -0.05) is 17.1 Å². The van der Waals surface area contributed by atoms with Gasteiger partial charge in [0.05, 0.1) is 17.9 Å². The molecule has 5 rings (SSSR count). The summed E-state index contributed by atoms with van der Waals surface area (Å²) in [7, 11) is 0. The van der Waals surface area contributed by atoms with Gasteiger partial charge in [-0.15, -0.1) is 29.5 Å². The average Bonchev–Trinajstić information content (AvgIpc) is 3.50. The second kappa shape index (κ2) is 9.96. The number of thiazole rings is 1. The van der Waals surface area contributed by atoms with E-state index in [1.165, 1.54) is 17.1 Å². The van der Waals surface area contributed by atoms with Gasteiger partial charge in [0.25, 0.3) is 17.5 Å². The van der Waals surface area contributed by atoms with Crippen LogP contribution in [0.1, 0.15) is 5.69 Å². The van der Waals surface area contributed by atoms with Gasteiger partial charge < -0.3 is 25.8 Å². The van der Waals surface area contributed by atoms with Crippen molar-refractivity contribution in [3.63, 3.8) is 0 Å². The number of carbonyl (C=O) groups excluding carboxylic acids is 3. The van der Waals surface area contributed by atoms with Gasteiger partial charge >= 0.3 is 0 Å². The molecular weight excluding hydrogens is 518 g/mol. The highest BCUT2D eigenvalue weighted by molar-refractivity contribution is 8.00. The zero-order chi connectivity index (χ0) is 26.1. The topological polar surface area (TPSA) is 159 Å². The van der Waals surface area contributed by atoms with Crippen LogP contribution < -0.4 is 20.6 Å². The largest absolute Gasteiger partial charge is 0.543 e. The minimum Gasteiger partial charge on any atom is -0.543 e. The monoisotopic (exact) mass is 537 g/mol. The summed E-state index contributed by atoms with van der Waals surface area (Å²) in [6.45, 7) is 0.0850. The van der Waals surface area contributed by atoms with Gasteiger partial charge in [0, 0.05) is 22.8 Å². The quantitative estimate of drug-likeness (QED) is 0.0898. The minimum absolute atomic E-state index is 0.159. The fourth-order valence-corrected chi connectivity index (χ4v) is 6.01. The van der Waals surface area contributed by atoms with E-state index in [4.69, 9.17) is 17.0 Å². The van der Waals surface area contributed by atoms with E-state index in [0.717, 1.165) is 21.9 Å². The Morgan fingerprint density at radius 1 is 1.41 bits per heavy atom. The molecule has 5 heterocycles. The number of β-lactam (4-membered cyclic amide) rings is 1. The minimum atomic E-state index is -1.45. The van der Waals surface area contributed by atoms with Crippen molar-refractivity contribution in [2.24, 2.45) is 5.16 Å². The Balaban J connectivity index is 1.36. The normalized spacial score (nSPS) is 19.3. The van der Waals surface area contributed by atoms with E-state index in [2.05, 4.69) is 21.4 Å². The first-order chi connectivity index (χ1) is 17.9. The maximum absolute atomic E-state index is 13.1. The number of nitrogens with zero attached hydrogens (tertiary/aromatic N) is 5. The van der Waals surface area contributed by atoms with Gasteiger partial charge in [-0.25, -0.2) is 14.0 Å². The van der Waals surface area contributed by atoms with E-state index < -0.39 is 29.2 Å². The lowest BCUT2D eigenvalue weighted by molar-refractivity contribution is -0.510. The number of amides is 2. The summed E-state index contributed by atoms with van der Waals surface area (Å²) in [5.41, 5.74) is 6.84. The van der Waals surface area contributed by atoms with Crippen molar-refractivity contribution in [2.45, 2.75) is 18.0 Å². The Labute approximate surface area is 218 Å². The number of oxime groups is 1. The smallest absolute Gasteiger partial charge is 0.286 e. The van der Waals surface area contributed by atoms with Crippen LogP contribution in [0, 0.1) is 12.3 Å². The predicted octanol–water partition coefficient (Wildman–Crippen LogP) is -1.28. The second-order valence-electron chi connectivity index (χ2n) is 7.98. The van der Waals surface area contributed by atoms with Crippen LogP contribution in [0.15, 0.2) is 58.6 Å². The number of nitrogen functional groups attached to an aromatic ring is 1. The number of carboxylic acids is 1. The van der Waals surface area contributed by atoms with Crippen LogP contribution in [0.5, 0.6) is 0 Å². The van der Waals surface area contributed by atoms with Crippen molar-refractivity contribution in [1.82, 2.24) is 19.8 Å². The molecule has 0 bridgehead atoms. The molecule has 14 heteroatoms. The molecule has 188 valence electrons. The number of anilines is 1. The number of thioether (sulfide) groups is 1. The van der Waals surface area contributed by atoms with Crippen LogP contribution in [0.25, 0.3) is 5.65 Å². The summed E-state index contributed by atoms with van der Waals surface area (Å²) >= 11 is 2.45. The standard InChI is InChI=1S/C23H19N7O5S2/c1-2-9-35-27-16(14-12-37-23(24)25-14)19(31)26-17-20(32)30-18(22(33)34)13(11-36-21(17)30)10-29-8-7-28-6-4-3-5-15(28)29/h1,3-8,12,17,21H,9-11H2,(H3-,24,25,26,31,33,34)/b27-16-/t17-,21+/m1/s1. The molecular formula is C23H19N7O5S2. The molecule has 0 spiro atoms. The Kier molecular flexibility index (Phi) is 6.55. The SMILES string of the molecule is C#CCO/N=C(\C(=O)N[C@@H]1C(=O)N2C(C(=O)[O-])=C(Cn3cc[n+]4ccccc34)CS[C@@H]12)c1csc(N)n1. The number of aromatic nitrogens is 3. The summed E-state index contributed by atoms with van der Waals surface area (Å²) < 4.78 is 3.79. The van der Waals surface area contributed by atoms with Crippen LogP contribution in [0.2, 0.25) is 0 Å². The van der Waals surface area contributed by atoms with Crippen LogP contribution >= 0.6 is 23.1 Å². The number of hydrogen-bond donors (Lipinski definition) is 2. The Bertz CT molecular complexity index is 1520. The molecule has 37 heavy (non-hydrogen) atoms. The first-order valence-corrected chi connectivity index (χ1v) is 12.8. The van der Waals surface area contributed by atoms with Crippen molar-refractivity contribution < 1.29 is 28.7 Å².